The highest BCUT2D eigenvalue weighted by Gasteiger charge is 2.19. The highest BCUT2D eigenvalue weighted by atomic mass is 32.1. The van der Waals surface area contributed by atoms with Crippen LogP contribution < -0.4 is 0 Å². The fraction of sp³-hybridized carbons (Fsp3) is 0. The highest BCUT2D eigenvalue weighted by molar-refractivity contribution is 7.26. The van der Waals surface area contributed by atoms with Crippen molar-refractivity contribution in [2.24, 2.45) is 0 Å². The Morgan fingerprint density at radius 3 is 1.53 bits per heavy atom. The van der Waals surface area contributed by atoms with E-state index in [-0.39, 0.29) is 0 Å². The molecule has 0 bridgehead atoms. The standard InChI is InChI=1S/C55H34N4S/c1-2-15-36(16-3-1)53-56-54(58-55(57-53)47-24-14-23-46-45-22-9-13-28-51(45)60-52(46)47)37-31-29-35(30-32-37)38-33-34-41(40-18-5-4-17-39(38)40)42-19-6-10-25-48(42)59-49-26-11-7-20-43(49)44-21-8-12-27-50(44)59/h1-34H. The molecule has 60 heavy (non-hydrogen) atoms. The lowest BCUT2D eigenvalue weighted by Gasteiger charge is -2.17. The maximum absolute atomic E-state index is 5.17. The first-order valence-electron chi connectivity index (χ1n) is 20.2. The van der Waals surface area contributed by atoms with Crippen LogP contribution in [0.25, 0.3) is 115 Å². The lowest BCUT2D eigenvalue weighted by Crippen LogP contribution is -2.00. The maximum atomic E-state index is 5.17. The van der Waals surface area contributed by atoms with Gasteiger partial charge in [-0.2, -0.15) is 0 Å². The van der Waals surface area contributed by atoms with E-state index < -0.39 is 0 Å². The fourth-order valence-corrected chi connectivity index (χ4v) is 10.1. The average molecular weight is 783 g/mol. The van der Waals surface area contributed by atoms with Crippen molar-refractivity contribution in [1.82, 2.24) is 19.5 Å². The molecule has 3 heterocycles. The minimum atomic E-state index is 0.644. The SMILES string of the molecule is c1ccc(-c2nc(-c3ccc(-c4ccc(-c5ccccc5-n5c6ccccc6c6ccccc65)c5ccccc45)cc3)nc(-c3cccc4c3sc3ccccc34)n2)cc1. The third-order valence-electron chi connectivity index (χ3n) is 11.7. The van der Waals surface area contributed by atoms with Crippen LogP contribution in [0.2, 0.25) is 0 Å². The van der Waals surface area contributed by atoms with Crippen LogP contribution in [-0.4, -0.2) is 19.5 Å². The number of aromatic nitrogens is 4. The second-order valence-electron chi connectivity index (χ2n) is 15.1. The monoisotopic (exact) mass is 782 g/mol. The van der Waals surface area contributed by atoms with Gasteiger partial charge in [0.25, 0.3) is 0 Å². The zero-order valence-corrected chi connectivity index (χ0v) is 33.1. The molecule has 280 valence electrons. The molecular formula is C55H34N4S. The minimum Gasteiger partial charge on any atom is -0.309 e. The van der Waals surface area contributed by atoms with E-state index in [2.05, 4.69) is 193 Å². The quantitative estimate of drug-likeness (QED) is 0.169. The van der Waals surface area contributed by atoms with E-state index in [4.69, 9.17) is 15.0 Å². The molecule has 4 nitrogen and oxygen atoms in total. The molecule has 0 aliphatic rings. The van der Waals surface area contributed by atoms with Gasteiger partial charge in [0.2, 0.25) is 0 Å². The van der Waals surface area contributed by atoms with Gasteiger partial charge in [0, 0.05) is 53.2 Å². The Labute approximate surface area is 350 Å². The molecule has 0 saturated carbocycles. The van der Waals surface area contributed by atoms with Crippen LogP contribution >= 0.6 is 11.3 Å². The summed E-state index contributed by atoms with van der Waals surface area (Å²) < 4.78 is 4.85. The molecule has 0 radical (unpaired) electrons. The van der Waals surface area contributed by atoms with Gasteiger partial charge in [0.05, 0.1) is 16.7 Å². The molecule has 0 atom stereocenters. The first-order chi connectivity index (χ1) is 29.8. The largest absolute Gasteiger partial charge is 0.309 e. The normalized spacial score (nSPS) is 11.7. The zero-order valence-electron chi connectivity index (χ0n) is 32.3. The van der Waals surface area contributed by atoms with Gasteiger partial charge in [-0.3, -0.25) is 0 Å². The average Bonchev–Trinajstić information content (AvgIpc) is 3.87. The Hall–Kier alpha value is -7.73. The van der Waals surface area contributed by atoms with E-state index in [9.17, 15) is 0 Å². The van der Waals surface area contributed by atoms with Crippen LogP contribution in [0.4, 0.5) is 0 Å². The van der Waals surface area contributed by atoms with Crippen LogP contribution in [0.1, 0.15) is 0 Å². The summed E-state index contributed by atoms with van der Waals surface area (Å²) in [5.74, 6) is 1.97. The predicted molar refractivity (Wildman–Crippen MR) is 252 cm³/mol. The zero-order chi connectivity index (χ0) is 39.6. The second-order valence-corrected chi connectivity index (χ2v) is 16.2. The van der Waals surface area contributed by atoms with E-state index in [1.54, 1.807) is 11.3 Å². The number of thiophene rings is 1. The molecule has 12 aromatic rings. The Morgan fingerprint density at radius 1 is 0.300 bits per heavy atom. The summed E-state index contributed by atoms with van der Waals surface area (Å²) in [5, 5.41) is 7.38. The lowest BCUT2D eigenvalue weighted by atomic mass is 9.91. The number of para-hydroxylation sites is 3. The summed E-state index contributed by atoms with van der Waals surface area (Å²) in [6.45, 7) is 0. The molecule has 0 unspecified atom stereocenters. The molecule has 9 aromatic carbocycles. The van der Waals surface area contributed by atoms with Crippen molar-refractivity contribution < 1.29 is 0 Å². The van der Waals surface area contributed by atoms with Crippen molar-refractivity contribution >= 4 is 64.1 Å². The van der Waals surface area contributed by atoms with E-state index >= 15 is 0 Å². The third-order valence-corrected chi connectivity index (χ3v) is 12.9. The molecule has 0 fully saturated rings. The third kappa shape index (κ3) is 5.55. The summed E-state index contributed by atoms with van der Waals surface area (Å²) in [7, 11) is 0. The van der Waals surface area contributed by atoms with E-state index in [1.165, 1.54) is 69.4 Å². The van der Waals surface area contributed by atoms with Gasteiger partial charge < -0.3 is 4.57 Å². The van der Waals surface area contributed by atoms with Crippen molar-refractivity contribution in [2.45, 2.75) is 0 Å². The van der Waals surface area contributed by atoms with E-state index in [0.29, 0.717) is 17.5 Å². The molecule has 0 aliphatic heterocycles. The van der Waals surface area contributed by atoms with Gasteiger partial charge in [-0.15, -0.1) is 11.3 Å². The van der Waals surface area contributed by atoms with Crippen molar-refractivity contribution in [3.05, 3.63) is 206 Å². The molecule has 0 saturated heterocycles. The van der Waals surface area contributed by atoms with Gasteiger partial charge in [0.15, 0.2) is 17.5 Å². The van der Waals surface area contributed by atoms with Crippen LogP contribution in [0.5, 0.6) is 0 Å². The number of fused-ring (bicyclic) bond motifs is 7. The molecule has 0 amide bonds. The summed E-state index contributed by atoms with van der Waals surface area (Å²) >= 11 is 1.79. The van der Waals surface area contributed by atoms with Crippen molar-refractivity contribution in [3.8, 4) is 62.1 Å². The summed E-state index contributed by atoms with van der Waals surface area (Å²) in [5.41, 5.74) is 11.1. The molecule has 0 N–H and O–H groups in total. The first kappa shape index (κ1) is 34.3. The van der Waals surface area contributed by atoms with Crippen LogP contribution in [-0.2, 0) is 0 Å². The van der Waals surface area contributed by atoms with Gasteiger partial charge in [-0.25, -0.2) is 15.0 Å². The summed E-state index contributed by atoms with van der Waals surface area (Å²) in [4.78, 5) is 15.3. The smallest absolute Gasteiger partial charge is 0.165 e. The predicted octanol–water partition coefficient (Wildman–Crippen LogP) is 14.8. The number of hydrogen-bond donors (Lipinski definition) is 0. The molecule has 0 spiro atoms. The maximum Gasteiger partial charge on any atom is 0.165 e. The Bertz CT molecular complexity index is 3550. The highest BCUT2D eigenvalue weighted by Crippen LogP contribution is 2.42. The lowest BCUT2D eigenvalue weighted by molar-refractivity contribution is 1.08. The topological polar surface area (TPSA) is 43.6 Å². The Kier molecular flexibility index (Phi) is 8.00. The van der Waals surface area contributed by atoms with E-state index in [1.807, 2.05) is 18.2 Å². The Morgan fingerprint density at radius 2 is 0.800 bits per heavy atom. The minimum absolute atomic E-state index is 0.644. The van der Waals surface area contributed by atoms with Crippen LogP contribution in [0, 0.1) is 0 Å². The van der Waals surface area contributed by atoms with E-state index in [0.717, 1.165) is 27.9 Å². The fourth-order valence-electron chi connectivity index (χ4n) is 8.93. The Balaban J connectivity index is 0.968. The van der Waals surface area contributed by atoms with Gasteiger partial charge in [-0.1, -0.05) is 176 Å². The number of nitrogens with zero attached hydrogens (tertiary/aromatic N) is 4. The molecule has 5 heteroatoms. The molecule has 12 rings (SSSR count). The number of benzene rings is 9. The first-order valence-corrected chi connectivity index (χ1v) is 21.0. The number of rotatable bonds is 6. The van der Waals surface area contributed by atoms with Gasteiger partial charge >= 0.3 is 0 Å². The molecule has 3 aromatic heterocycles. The van der Waals surface area contributed by atoms with Crippen molar-refractivity contribution in [2.75, 3.05) is 0 Å². The van der Waals surface area contributed by atoms with Crippen molar-refractivity contribution in [3.63, 3.8) is 0 Å². The molecular weight excluding hydrogens is 749 g/mol. The number of hydrogen-bond acceptors (Lipinski definition) is 4. The van der Waals surface area contributed by atoms with Gasteiger partial charge in [-0.05, 0) is 57.8 Å². The van der Waals surface area contributed by atoms with Gasteiger partial charge in [0.1, 0.15) is 0 Å². The van der Waals surface area contributed by atoms with Crippen molar-refractivity contribution in [1.29, 1.82) is 0 Å². The van der Waals surface area contributed by atoms with Crippen LogP contribution in [0.3, 0.4) is 0 Å². The van der Waals surface area contributed by atoms with Crippen LogP contribution in [0.15, 0.2) is 206 Å². The summed E-state index contributed by atoms with van der Waals surface area (Å²) in [6, 6.07) is 73.4. The second kappa shape index (κ2) is 14.0. The molecule has 0 aliphatic carbocycles. The summed E-state index contributed by atoms with van der Waals surface area (Å²) in [6.07, 6.45) is 0.